The van der Waals surface area contributed by atoms with Crippen LogP contribution in [0.3, 0.4) is 0 Å². The van der Waals surface area contributed by atoms with E-state index in [1.165, 1.54) is 4.90 Å². The number of carbonyl (C=O) groups is 1. The number of benzene rings is 2. The molecule has 150 valence electrons. The van der Waals surface area contributed by atoms with E-state index in [9.17, 15) is 4.79 Å². The molecule has 1 fully saturated rings. The van der Waals surface area contributed by atoms with E-state index in [0.29, 0.717) is 29.6 Å². The van der Waals surface area contributed by atoms with Gasteiger partial charge in [0.1, 0.15) is 0 Å². The second-order valence-corrected chi connectivity index (χ2v) is 8.50. The third kappa shape index (κ3) is 6.39. The molecule has 0 spiro atoms. The normalized spacial score (nSPS) is 17.5. The van der Waals surface area contributed by atoms with E-state index >= 15 is 0 Å². The highest BCUT2D eigenvalue weighted by atomic mass is 35.5. The summed E-state index contributed by atoms with van der Waals surface area (Å²) in [6.07, 6.45) is 2.40. The Morgan fingerprint density at radius 3 is 2.86 bits per heavy atom. The summed E-state index contributed by atoms with van der Waals surface area (Å²) in [7, 11) is 0. The summed E-state index contributed by atoms with van der Waals surface area (Å²) in [4.78, 5) is 15.8. The van der Waals surface area contributed by atoms with Crippen molar-refractivity contribution in [1.29, 1.82) is 0 Å². The van der Waals surface area contributed by atoms with Crippen LogP contribution in [0, 0.1) is 0 Å². The number of rotatable bonds is 7. The average molecular weight is 439 g/mol. The first-order valence-corrected chi connectivity index (χ1v) is 11.2. The van der Waals surface area contributed by atoms with Crippen LogP contribution in [0.2, 0.25) is 10.0 Å². The molecule has 1 N–H and O–H groups in total. The van der Waals surface area contributed by atoms with Crippen LogP contribution in [-0.2, 0) is 22.5 Å². The van der Waals surface area contributed by atoms with E-state index in [0.717, 1.165) is 30.8 Å². The molecule has 4 nitrogen and oxygen atoms in total. The van der Waals surface area contributed by atoms with Crippen LogP contribution in [0.4, 0.5) is 0 Å². The molecule has 1 aliphatic rings. The van der Waals surface area contributed by atoms with Crippen LogP contribution in [0.15, 0.2) is 47.4 Å². The highest BCUT2D eigenvalue weighted by Crippen LogP contribution is 2.23. The Bertz CT molecular complexity index is 819. The van der Waals surface area contributed by atoms with Crippen LogP contribution in [0.25, 0.3) is 0 Å². The van der Waals surface area contributed by atoms with Crippen molar-refractivity contribution < 1.29 is 9.53 Å². The quantitative estimate of drug-likeness (QED) is 0.655. The molecule has 2 aromatic rings. The maximum atomic E-state index is 12.3. The van der Waals surface area contributed by atoms with Gasteiger partial charge in [0.05, 0.1) is 29.2 Å². The Balaban J connectivity index is 1.46. The number of amides is 1. The molecule has 0 bridgehead atoms. The van der Waals surface area contributed by atoms with Gasteiger partial charge in [0.2, 0.25) is 5.91 Å². The van der Waals surface area contributed by atoms with Crippen LogP contribution < -0.4 is 5.32 Å². The summed E-state index contributed by atoms with van der Waals surface area (Å²) in [6.45, 7) is 3.57. The van der Waals surface area contributed by atoms with Gasteiger partial charge in [-0.1, -0.05) is 41.4 Å². The van der Waals surface area contributed by atoms with Gasteiger partial charge in [0.15, 0.2) is 0 Å². The minimum atomic E-state index is -0.0157. The molecule has 1 aliphatic heterocycles. The van der Waals surface area contributed by atoms with Crippen LogP contribution in [-0.4, -0.2) is 49.4 Å². The molecular weight excluding hydrogens is 415 g/mol. The van der Waals surface area contributed by atoms with E-state index in [1.807, 2.05) is 42.7 Å². The summed E-state index contributed by atoms with van der Waals surface area (Å²) in [5, 5.41) is 4.14. The first-order valence-electron chi connectivity index (χ1n) is 9.21. The lowest BCUT2D eigenvalue weighted by atomic mass is 10.1. The molecule has 0 aromatic heterocycles. The van der Waals surface area contributed by atoms with Gasteiger partial charge < -0.3 is 10.1 Å². The maximum Gasteiger partial charge on any atom is 0.224 e. The summed E-state index contributed by atoms with van der Waals surface area (Å²) in [5.74, 6) is 0.0171. The maximum absolute atomic E-state index is 12.3. The Morgan fingerprint density at radius 2 is 2.07 bits per heavy atom. The molecule has 0 unspecified atom stereocenters. The molecular formula is C21H24Cl2N2O2S. The summed E-state index contributed by atoms with van der Waals surface area (Å²) in [5.41, 5.74) is 2.14. The lowest BCUT2D eigenvalue weighted by molar-refractivity contribution is -0.121. The molecule has 1 atom stereocenters. The van der Waals surface area contributed by atoms with E-state index in [-0.39, 0.29) is 12.0 Å². The highest BCUT2D eigenvalue weighted by molar-refractivity contribution is 7.98. The SMILES string of the molecule is CSc1cccc(CC(=O)NC[C@H]2CN(Cc3ccc(Cl)c(Cl)c3)CCO2)c1. The third-order valence-corrected chi connectivity index (χ3v) is 6.10. The molecule has 0 aliphatic carbocycles. The smallest absolute Gasteiger partial charge is 0.224 e. The second kappa shape index (κ2) is 10.5. The van der Waals surface area contributed by atoms with Crippen LogP contribution in [0.5, 0.6) is 0 Å². The number of carbonyl (C=O) groups excluding carboxylic acids is 1. The topological polar surface area (TPSA) is 41.6 Å². The summed E-state index contributed by atoms with van der Waals surface area (Å²) >= 11 is 13.8. The Hall–Kier alpha value is -1.24. The van der Waals surface area contributed by atoms with Gasteiger partial charge in [-0.2, -0.15) is 0 Å². The number of nitrogens with one attached hydrogen (secondary N) is 1. The predicted molar refractivity (Wildman–Crippen MR) is 116 cm³/mol. The van der Waals surface area contributed by atoms with Crippen molar-refractivity contribution >= 4 is 40.9 Å². The lowest BCUT2D eigenvalue weighted by Gasteiger charge is -2.33. The second-order valence-electron chi connectivity index (χ2n) is 6.81. The van der Waals surface area contributed by atoms with Gasteiger partial charge in [-0.05, 0) is 41.6 Å². The van der Waals surface area contributed by atoms with E-state index in [1.54, 1.807) is 11.8 Å². The number of nitrogens with zero attached hydrogens (tertiary/aromatic N) is 1. The van der Waals surface area contributed by atoms with Gasteiger partial charge in [0.25, 0.3) is 0 Å². The minimum Gasteiger partial charge on any atom is -0.374 e. The first kappa shape index (κ1) is 21.5. The van der Waals surface area contributed by atoms with E-state index < -0.39 is 0 Å². The summed E-state index contributed by atoms with van der Waals surface area (Å²) in [6, 6.07) is 13.8. The molecule has 1 heterocycles. The largest absolute Gasteiger partial charge is 0.374 e. The van der Waals surface area contributed by atoms with Gasteiger partial charge in [-0.3, -0.25) is 9.69 Å². The fraction of sp³-hybridized carbons (Fsp3) is 0.381. The number of thioether (sulfide) groups is 1. The van der Waals surface area contributed by atoms with Crippen LogP contribution in [0.1, 0.15) is 11.1 Å². The highest BCUT2D eigenvalue weighted by Gasteiger charge is 2.21. The molecule has 0 radical (unpaired) electrons. The standard InChI is InChI=1S/C21H24Cl2N2O2S/c1-28-18-4-2-3-15(9-18)11-21(26)24-12-17-14-25(7-8-27-17)13-16-5-6-19(22)20(23)10-16/h2-6,9-10,17H,7-8,11-14H2,1H3,(H,24,26)/t17-/m0/s1. The molecule has 7 heteroatoms. The molecule has 3 rings (SSSR count). The number of hydrogen-bond donors (Lipinski definition) is 1. The monoisotopic (exact) mass is 438 g/mol. The number of ether oxygens (including phenoxy) is 1. The van der Waals surface area contributed by atoms with Gasteiger partial charge in [-0.25, -0.2) is 0 Å². The zero-order valence-corrected chi connectivity index (χ0v) is 18.1. The van der Waals surface area contributed by atoms with E-state index in [2.05, 4.69) is 16.3 Å². The Morgan fingerprint density at radius 1 is 1.21 bits per heavy atom. The van der Waals surface area contributed by atoms with Crippen LogP contribution >= 0.6 is 35.0 Å². The van der Waals surface area contributed by atoms with Crippen molar-refractivity contribution in [3.63, 3.8) is 0 Å². The van der Waals surface area contributed by atoms with Gasteiger partial charge in [-0.15, -0.1) is 11.8 Å². The van der Waals surface area contributed by atoms with Crippen molar-refractivity contribution in [3.8, 4) is 0 Å². The fourth-order valence-corrected chi connectivity index (χ4v) is 4.01. The minimum absolute atomic E-state index is 0.0157. The van der Waals surface area contributed by atoms with Crippen molar-refractivity contribution in [2.75, 3.05) is 32.5 Å². The molecule has 1 amide bonds. The van der Waals surface area contributed by atoms with Gasteiger partial charge in [0, 0.05) is 31.1 Å². The predicted octanol–water partition coefficient (Wildman–Crippen LogP) is 4.28. The molecule has 2 aromatic carbocycles. The van der Waals surface area contributed by atoms with E-state index in [4.69, 9.17) is 27.9 Å². The van der Waals surface area contributed by atoms with Crippen molar-refractivity contribution in [3.05, 3.63) is 63.6 Å². The molecule has 0 saturated carbocycles. The van der Waals surface area contributed by atoms with Crippen molar-refractivity contribution in [2.24, 2.45) is 0 Å². The Labute approximate surface area is 180 Å². The number of halogens is 2. The third-order valence-electron chi connectivity index (χ3n) is 4.64. The van der Waals surface area contributed by atoms with Crippen molar-refractivity contribution in [2.45, 2.75) is 24.0 Å². The molecule has 28 heavy (non-hydrogen) atoms. The summed E-state index contributed by atoms with van der Waals surface area (Å²) < 4.78 is 5.82. The van der Waals surface area contributed by atoms with Crippen molar-refractivity contribution in [1.82, 2.24) is 10.2 Å². The Kier molecular flexibility index (Phi) is 8.06. The number of morpholine rings is 1. The zero-order valence-electron chi connectivity index (χ0n) is 15.8. The number of hydrogen-bond acceptors (Lipinski definition) is 4. The average Bonchev–Trinajstić information content (AvgIpc) is 2.70. The zero-order chi connectivity index (χ0) is 19.9. The lowest BCUT2D eigenvalue weighted by Crippen LogP contribution is -2.47. The molecule has 1 saturated heterocycles. The fourth-order valence-electron chi connectivity index (χ4n) is 3.20. The first-order chi connectivity index (χ1) is 13.5. The van der Waals surface area contributed by atoms with Gasteiger partial charge >= 0.3 is 0 Å².